The number of likely N-dealkylation sites (tertiary alicyclic amines) is 1. The summed E-state index contributed by atoms with van der Waals surface area (Å²) in [6.07, 6.45) is 4.53. The van der Waals surface area contributed by atoms with Crippen molar-refractivity contribution in [3.8, 4) is 0 Å². The van der Waals surface area contributed by atoms with Crippen molar-refractivity contribution in [1.29, 1.82) is 0 Å². The monoisotopic (exact) mass is 358 g/mol. The van der Waals surface area contributed by atoms with Gasteiger partial charge in [0.05, 0.1) is 0 Å². The molecule has 1 fully saturated rings. The van der Waals surface area contributed by atoms with E-state index in [1.54, 1.807) is 0 Å². The predicted molar refractivity (Wildman–Crippen MR) is 84.8 cm³/mol. The van der Waals surface area contributed by atoms with E-state index >= 15 is 0 Å². The normalized spacial score (nSPS) is 39.0. The molecule has 0 aromatic heterocycles. The molecule has 1 nitrogen and oxygen atoms in total. The smallest absolute Gasteiger partial charge is 0.0147 e. The number of nitrogens with zero attached hydrogens (tertiary/aromatic N) is 1. The first-order chi connectivity index (χ1) is 8.22. The summed E-state index contributed by atoms with van der Waals surface area (Å²) in [7, 11) is 2.24. The maximum Gasteiger partial charge on any atom is 0.0147 e. The first kappa shape index (κ1) is 20.4. The van der Waals surface area contributed by atoms with E-state index in [0.717, 1.165) is 25.3 Å². The van der Waals surface area contributed by atoms with Crippen molar-refractivity contribution in [3.63, 3.8) is 0 Å². The van der Waals surface area contributed by atoms with Crippen LogP contribution in [0.1, 0.15) is 46.5 Å². The Hall–Kier alpha value is 1.41. The molecular weight excluding hydrogens is 327 g/mol. The van der Waals surface area contributed by atoms with Crippen molar-refractivity contribution in [1.82, 2.24) is 4.90 Å². The minimum atomic E-state index is 0. The molecule has 0 aromatic carbocycles. The van der Waals surface area contributed by atoms with Crippen LogP contribution in [0, 0.1) is 31.1 Å². The Bertz CT molecular complexity index is 267. The maximum absolute atomic E-state index is 5.08. The molecule has 111 valence electrons. The van der Waals surface area contributed by atoms with Crippen LogP contribution >= 0.6 is 12.6 Å². The van der Waals surface area contributed by atoms with Gasteiger partial charge in [-0.05, 0) is 37.8 Å². The zero-order valence-electron chi connectivity index (χ0n) is 13.3. The molecule has 1 aliphatic heterocycles. The van der Waals surface area contributed by atoms with Gasteiger partial charge in [0.15, 0.2) is 0 Å². The van der Waals surface area contributed by atoms with Crippen molar-refractivity contribution >= 4 is 12.6 Å². The van der Waals surface area contributed by atoms with Crippen molar-refractivity contribution in [2.75, 3.05) is 20.1 Å². The van der Waals surface area contributed by atoms with Gasteiger partial charge in [0.25, 0.3) is 0 Å². The second-order valence-corrected chi connectivity index (χ2v) is 7.94. The third-order valence-corrected chi connectivity index (χ3v) is 5.34. The summed E-state index contributed by atoms with van der Waals surface area (Å²) in [5.74, 6) is 1.20. The fourth-order valence-electron chi connectivity index (χ4n) is 3.61. The average Bonchev–Trinajstić information content (AvgIpc) is 2.22. The maximum atomic E-state index is 5.08. The molecule has 3 heteroatoms. The molecule has 0 aliphatic carbocycles. The minimum Gasteiger partial charge on any atom is -0.343 e. The molecule has 0 bridgehead atoms. The van der Waals surface area contributed by atoms with Crippen LogP contribution in [0.25, 0.3) is 0 Å². The molecule has 19 heavy (non-hydrogen) atoms. The molecule has 1 radical (unpaired) electrons. The molecular formula is C16H31NSY-2. The van der Waals surface area contributed by atoms with Gasteiger partial charge in [0, 0.05) is 44.0 Å². The van der Waals surface area contributed by atoms with E-state index in [2.05, 4.69) is 46.6 Å². The third kappa shape index (κ3) is 5.27. The van der Waals surface area contributed by atoms with Crippen molar-refractivity contribution < 1.29 is 32.7 Å². The molecule has 0 aromatic rings. The van der Waals surface area contributed by atoms with E-state index in [4.69, 9.17) is 12.6 Å². The van der Waals surface area contributed by atoms with E-state index in [0.29, 0.717) is 5.92 Å². The van der Waals surface area contributed by atoms with Gasteiger partial charge < -0.3 is 18.7 Å². The topological polar surface area (TPSA) is 3.24 Å². The van der Waals surface area contributed by atoms with E-state index in [1.807, 2.05) is 0 Å². The van der Waals surface area contributed by atoms with Crippen LogP contribution in [0.3, 0.4) is 0 Å². The van der Waals surface area contributed by atoms with Crippen molar-refractivity contribution in [3.05, 3.63) is 13.8 Å². The van der Waals surface area contributed by atoms with Crippen molar-refractivity contribution in [2.45, 2.75) is 51.2 Å². The van der Waals surface area contributed by atoms with Gasteiger partial charge in [-0.25, -0.2) is 0 Å². The zero-order chi connectivity index (χ0) is 14.0. The Morgan fingerprint density at radius 1 is 1.47 bits per heavy atom. The number of thiol groups is 1. The van der Waals surface area contributed by atoms with E-state index in [1.165, 1.54) is 19.4 Å². The first-order valence-electron chi connectivity index (χ1n) is 7.26. The van der Waals surface area contributed by atoms with Gasteiger partial charge in [0.2, 0.25) is 0 Å². The van der Waals surface area contributed by atoms with E-state index in [9.17, 15) is 0 Å². The van der Waals surface area contributed by atoms with Crippen LogP contribution in [-0.4, -0.2) is 29.8 Å². The molecule has 1 heterocycles. The van der Waals surface area contributed by atoms with Gasteiger partial charge in [-0.1, -0.05) is 27.2 Å². The molecule has 4 unspecified atom stereocenters. The molecule has 0 amide bonds. The molecule has 4 atom stereocenters. The molecule has 0 N–H and O–H groups in total. The summed E-state index contributed by atoms with van der Waals surface area (Å²) in [5, 5.41) is 0. The summed E-state index contributed by atoms with van der Waals surface area (Å²) in [6, 6.07) is 0. The Kier molecular flexibility index (Phi) is 8.76. The fourth-order valence-corrected chi connectivity index (χ4v) is 4.19. The first-order valence-corrected chi connectivity index (χ1v) is 7.70. The molecule has 1 aliphatic rings. The van der Waals surface area contributed by atoms with Gasteiger partial charge >= 0.3 is 0 Å². The summed E-state index contributed by atoms with van der Waals surface area (Å²) in [6.45, 7) is 17.6. The van der Waals surface area contributed by atoms with Gasteiger partial charge in [-0.15, -0.1) is 0 Å². The Morgan fingerprint density at radius 2 is 2.05 bits per heavy atom. The van der Waals surface area contributed by atoms with E-state index in [-0.39, 0.29) is 42.9 Å². The Morgan fingerprint density at radius 3 is 2.53 bits per heavy atom. The quantitative estimate of drug-likeness (QED) is 0.587. The SMILES string of the molecule is [CH2-]CC1(CC([CH2-])C)CN(C)CCC(C)CC1(C)S.[Y]. The number of rotatable bonds is 3. The summed E-state index contributed by atoms with van der Waals surface area (Å²) < 4.78 is 0.0504. The molecule has 1 rings (SSSR count). The molecule has 0 spiro atoms. The summed E-state index contributed by atoms with van der Waals surface area (Å²) in [5.41, 5.74) is 0.181. The third-order valence-electron chi connectivity index (χ3n) is 4.68. The number of hydrogen-bond donors (Lipinski definition) is 1. The van der Waals surface area contributed by atoms with Gasteiger partial charge in [0.1, 0.15) is 0 Å². The average molecular weight is 358 g/mol. The van der Waals surface area contributed by atoms with Gasteiger partial charge in [-0.3, -0.25) is 0 Å². The molecule has 0 saturated carbocycles. The van der Waals surface area contributed by atoms with Crippen LogP contribution in [-0.2, 0) is 32.7 Å². The Balaban J connectivity index is 0.00000324. The van der Waals surface area contributed by atoms with Crippen LogP contribution in [0.2, 0.25) is 0 Å². The van der Waals surface area contributed by atoms with Crippen LogP contribution in [0.15, 0.2) is 0 Å². The zero-order valence-corrected chi connectivity index (χ0v) is 17.0. The largest absolute Gasteiger partial charge is 0.343 e. The van der Waals surface area contributed by atoms with Crippen LogP contribution < -0.4 is 0 Å². The van der Waals surface area contributed by atoms with Crippen LogP contribution in [0.4, 0.5) is 0 Å². The second kappa shape index (κ2) is 8.15. The molecule has 1 saturated heterocycles. The van der Waals surface area contributed by atoms with Crippen LogP contribution in [0.5, 0.6) is 0 Å². The number of hydrogen-bond acceptors (Lipinski definition) is 2. The summed E-state index contributed by atoms with van der Waals surface area (Å²) in [4.78, 5) is 2.47. The fraction of sp³-hybridized carbons (Fsp3) is 0.875. The standard InChI is InChI=1S/C16H31NS.Y/c1-7-16(10-13(2)3)12-17(6)9-8-14(4)11-15(16,5)18;/h13-14,18H,1-2,7-12H2,3-6H3;/q-2;. The minimum absolute atomic E-state index is 0. The second-order valence-electron chi connectivity index (χ2n) is 6.95. The van der Waals surface area contributed by atoms with Gasteiger partial charge in [-0.2, -0.15) is 25.0 Å². The van der Waals surface area contributed by atoms with Crippen molar-refractivity contribution in [2.24, 2.45) is 17.3 Å². The summed E-state index contributed by atoms with van der Waals surface area (Å²) >= 11 is 5.08. The van der Waals surface area contributed by atoms with E-state index < -0.39 is 0 Å². The Labute approximate surface area is 152 Å². The predicted octanol–water partition coefficient (Wildman–Crippen LogP) is 4.10.